The zero-order valence-corrected chi connectivity index (χ0v) is 19.3. The predicted octanol–water partition coefficient (Wildman–Crippen LogP) is 2.30. The standard InChI is InChI=1S/C24H32N2O6/c1-6-31-21(18(15-27)20(28)17-11-8-7-9-12-17)25-16(2)22(29)26-14-10-13-19(26)23(30)32-24(3,4)5/h7-9,11-12,16,19,21,25H,6,10,13-14H2,1-5H3/t16-,19-,21-/m0/s1. The van der Waals surface area contributed by atoms with Crippen molar-refractivity contribution in [1.82, 2.24) is 10.2 Å². The number of ketones is 1. The molecule has 0 radical (unpaired) electrons. The summed E-state index contributed by atoms with van der Waals surface area (Å²) < 4.78 is 11.0. The fourth-order valence-electron chi connectivity index (χ4n) is 3.54. The Bertz CT molecular complexity index is 870. The van der Waals surface area contributed by atoms with Crippen LogP contribution in [0.5, 0.6) is 0 Å². The number of benzene rings is 1. The van der Waals surface area contributed by atoms with E-state index in [-0.39, 0.29) is 18.1 Å². The van der Waals surface area contributed by atoms with E-state index in [0.29, 0.717) is 24.9 Å². The summed E-state index contributed by atoms with van der Waals surface area (Å²) >= 11 is 0. The van der Waals surface area contributed by atoms with Crippen LogP contribution in [0.1, 0.15) is 57.8 Å². The van der Waals surface area contributed by atoms with E-state index in [2.05, 4.69) is 5.32 Å². The largest absolute Gasteiger partial charge is 0.458 e. The number of esters is 1. The third-order valence-corrected chi connectivity index (χ3v) is 4.97. The van der Waals surface area contributed by atoms with Crippen molar-refractivity contribution >= 4 is 23.6 Å². The van der Waals surface area contributed by atoms with Crippen LogP contribution >= 0.6 is 0 Å². The Labute approximate surface area is 188 Å². The number of carbonyl (C=O) groups is 3. The van der Waals surface area contributed by atoms with Gasteiger partial charge in [-0.1, -0.05) is 30.3 Å². The lowest BCUT2D eigenvalue weighted by atomic mass is 10.0. The van der Waals surface area contributed by atoms with Crippen LogP contribution in [0.15, 0.2) is 35.9 Å². The van der Waals surface area contributed by atoms with Gasteiger partial charge in [-0.05, 0) is 47.5 Å². The molecular weight excluding hydrogens is 412 g/mol. The number of carbonyl (C=O) groups excluding carboxylic acids is 4. The molecule has 1 fully saturated rings. The predicted molar refractivity (Wildman–Crippen MR) is 119 cm³/mol. The van der Waals surface area contributed by atoms with Gasteiger partial charge in [0.1, 0.15) is 29.4 Å². The Kier molecular flexibility index (Phi) is 8.89. The molecule has 1 N–H and O–H groups in total. The summed E-state index contributed by atoms with van der Waals surface area (Å²) in [5.41, 5.74) is -0.580. The van der Waals surface area contributed by atoms with Crippen LogP contribution in [0, 0.1) is 0 Å². The fourth-order valence-corrected chi connectivity index (χ4v) is 3.54. The second-order valence-electron chi connectivity index (χ2n) is 8.66. The zero-order chi connectivity index (χ0) is 23.9. The lowest BCUT2D eigenvalue weighted by molar-refractivity contribution is -0.163. The Morgan fingerprint density at radius 1 is 1.22 bits per heavy atom. The van der Waals surface area contributed by atoms with Crippen LogP contribution in [0.3, 0.4) is 0 Å². The van der Waals surface area contributed by atoms with Crippen molar-refractivity contribution in [3.63, 3.8) is 0 Å². The highest BCUT2D eigenvalue weighted by Gasteiger charge is 2.39. The molecule has 2 rings (SSSR count). The number of nitrogens with zero attached hydrogens (tertiary/aromatic N) is 1. The van der Waals surface area contributed by atoms with Crippen molar-refractivity contribution in [2.75, 3.05) is 13.2 Å². The minimum absolute atomic E-state index is 0.204. The number of hydrogen-bond acceptors (Lipinski definition) is 7. The lowest BCUT2D eigenvalue weighted by Crippen LogP contribution is -2.53. The van der Waals surface area contributed by atoms with Crippen LogP contribution in [-0.4, -0.2) is 65.6 Å². The highest BCUT2D eigenvalue weighted by molar-refractivity contribution is 6.13. The number of ether oxygens (including phenoxy) is 2. The Morgan fingerprint density at radius 2 is 1.88 bits per heavy atom. The summed E-state index contributed by atoms with van der Waals surface area (Å²) in [6, 6.07) is 6.84. The van der Waals surface area contributed by atoms with E-state index >= 15 is 0 Å². The molecule has 0 unspecified atom stereocenters. The Hall–Kier alpha value is -2.80. The molecule has 1 aromatic rings. The number of rotatable bonds is 9. The number of amides is 1. The van der Waals surface area contributed by atoms with Gasteiger partial charge in [-0.2, -0.15) is 0 Å². The molecule has 0 aliphatic carbocycles. The highest BCUT2D eigenvalue weighted by Crippen LogP contribution is 2.22. The molecule has 174 valence electrons. The van der Waals surface area contributed by atoms with Crippen molar-refractivity contribution in [2.45, 2.75) is 71.4 Å². The van der Waals surface area contributed by atoms with Gasteiger partial charge >= 0.3 is 5.97 Å². The summed E-state index contributed by atoms with van der Waals surface area (Å²) in [7, 11) is 0. The van der Waals surface area contributed by atoms with Gasteiger partial charge in [0.15, 0.2) is 0 Å². The van der Waals surface area contributed by atoms with Crippen LogP contribution in [0.2, 0.25) is 0 Å². The normalized spacial score (nSPS) is 17.9. The van der Waals surface area contributed by atoms with Crippen molar-refractivity contribution in [3.05, 3.63) is 41.5 Å². The summed E-state index contributed by atoms with van der Waals surface area (Å²) in [6.45, 7) is 9.28. The fraction of sp³-hybridized carbons (Fsp3) is 0.542. The molecule has 8 nitrogen and oxygen atoms in total. The van der Waals surface area contributed by atoms with Gasteiger partial charge in [0, 0.05) is 18.7 Å². The summed E-state index contributed by atoms with van der Waals surface area (Å²) in [5.74, 6) is 0.381. The lowest BCUT2D eigenvalue weighted by Gasteiger charge is -2.30. The van der Waals surface area contributed by atoms with Crippen LogP contribution in [-0.2, 0) is 23.9 Å². The van der Waals surface area contributed by atoms with Gasteiger partial charge < -0.3 is 14.4 Å². The average Bonchev–Trinajstić information content (AvgIpc) is 3.23. The van der Waals surface area contributed by atoms with Crippen LogP contribution < -0.4 is 5.32 Å². The van der Waals surface area contributed by atoms with E-state index < -0.39 is 35.7 Å². The second kappa shape index (κ2) is 11.2. The smallest absolute Gasteiger partial charge is 0.329 e. The van der Waals surface area contributed by atoms with Gasteiger partial charge in [-0.3, -0.25) is 14.9 Å². The maximum atomic E-state index is 13.1. The quantitative estimate of drug-likeness (QED) is 0.205. The molecule has 0 saturated carbocycles. The molecular formula is C24H32N2O6. The van der Waals surface area contributed by atoms with Crippen molar-refractivity contribution in [1.29, 1.82) is 0 Å². The Balaban J connectivity index is 2.15. The molecule has 1 heterocycles. The van der Waals surface area contributed by atoms with E-state index in [0.717, 1.165) is 0 Å². The maximum absolute atomic E-state index is 13.1. The van der Waals surface area contributed by atoms with Crippen LogP contribution in [0.4, 0.5) is 0 Å². The van der Waals surface area contributed by atoms with Crippen molar-refractivity contribution < 1.29 is 28.7 Å². The molecule has 1 amide bonds. The molecule has 0 bridgehead atoms. The van der Waals surface area contributed by atoms with E-state index in [9.17, 15) is 19.2 Å². The van der Waals surface area contributed by atoms with Crippen molar-refractivity contribution in [2.24, 2.45) is 0 Å². The van der Waals surface area contributed by atoms with Crippen molar-refractivity contribution in [3.8, 4) is 0 Å². The molecule has 1 saturated heterocycles. The van der Waals surface area contributed by atoms with Gasteiger partial charge in [-0.25, -0.2) is 9.59 Å². The monoisotopic (exact) mass is 444 g/mol. The first-order valence-corrected chi connectivity index (χ1v) is 10.8. The van der Waals surface area contributed by atoms with E-state index in [1.807, 2.05) is 0 Å². The van der Waals surface area contributed by atoms with Gasteiger partial charge in [0.05, 0.1) is 6.04 Å². The minimum atomic E-state index is -1.12. The average molecular weight is 445 g/mol. The molecule has 1 aliphatic heterocycles. The summed E-state index contributed by atoms with van der Waals surface area (Å²) in [5, 5.41) is 2.92. The molecule has 0 spiro atoms. The number of Topliss-reactive ketones (excluding diaryl/α,β-unsaturated/α-hetero) is 1. The molecule has 3 atom stereocenters. The first-order valence-electron chi connectivity index (χ1n) is 10.8. The minimum Gasteiger partial charge on any atom is -0.458 e. The first-order chi connectivity index (χ1) is 15.1. The summed E-state index contributed by atoms with van der Waals surface area (Å²) in [6.07, 6.45) is 0.0871. The Morgan fingerprint density at radius 3 is 2.44 bits per heavy atom. The van der Waals surface area contributed by atoms with Gasteiger partial charge in [-0.15, -0.1) is 0 Å². The highest BCUT2D eigenvalue weighted by atomic mass is 16.6. The van der Waals surface area contributed by atoms with Gasteiger partial charge in [0.25, 0.3) is 0 Å². The van der Waals surface area contributed by atoms with Gasteiger partial charge in [0.2, 0.25) is 11.7 Å². The third-order valence-electron chi connectivity index (χ3n) is 4.97. The molecule has 0 aromatic heterocycles. The molecule has 32 heavy (non-hydrogen) atoms. The van der Waals surface area contributed by atoms with E-state index in [1.165, 1.54) is 4.90 Å². The SMILES string of the molecule is CCO[C@H](N[C@@H](C)C(=O)N1CCC[C@H]1C(=O)OC(C)(C)C)C(=C=O)C(=O)c1ccccc1. The molecule has 1 aromatic carbocycles. The molecule has 8 heteroatoms. The second-order valence-corrected chi connectivity index (χ2v) is 8.66. The number of hydrogen-bond donors (Lipinski definition) is 1. The first kappa shape index (κ1) is 25.5. The topological polar surface area (TPSA) is 102 Å². The maximum Gasteiger partial charge on any atom is 0.329 e. The number of likely N-dealkylation sites (tertiary alicyclic amines) is 1. The molecule has 1 aliphatic rings. The summed E-state index contributed by atoms with van der Waals surface area (Å²) in [4.78, 5) is 51.6. The zero-order valence-electron chi connectivity index (χ0n) is 19.3. The van der Waals surface area contributed by atoms with E-state index in [1.54, 1.807) is 70.9 Å². The van der Waals surface area contributed by atoms with Crippen LogP contribution in [0.25, 0.3) is 0 Å². The van der Waals surface area contributed by atoms with E-state index in [4.69, 9.17) is 9.47 Å². The number of nitrogens with one attached hydrogen (secondary N) is 1. The third kappa shape index (κ3) is 6.60.